The minimum Gasteiger partial charge on any atom is -0.508 e. The van der Waals surface area contributed by atoms with E-state index in [2.05, 4.69) is 36.8 Å². The van der Waals surface area contributed by atoms with Crippen LogP contribution in [0.4, 0.5) is 0 Å². The maximum Gasteiger partial charge on any atom is 0.309 e. The quantitative estimate of drug-likeness (QED) is 0.304. The van der Waals surface area contributed by atoms with Crippen molar-refractivity contribution >= 4 is 49.2 Å². The molecule has 1 aromatic heterocycles. The number of aliphatic carboxylic acids is 1. The minimum absolute atomic E-state index is 0.0508. The van der Waals surface area contributed by atoms with Crippen molar-refractivity contribution in [3.05, 3.63) is 66.0 Å². The van der Waals surface area contributed by atoms with Crippen LogP contribution in [0.15, 0.2) is 39.3 Å². The number of phenols is 1. The highest BCUT2D eigenvalue weighted by atomic mass is 79.9. The van der Waals surface area contributed by atoms with Gasteiger partial charge in [0.15, 0.2) is 5.75 Å². The van der Waals surface area contributed by atoms with E-state index in [0.29, 0.717) is 23.6 Å². The van der Waals surface area contributed by atoms with Crippen LogP contribution in [0, 0.1) is 0 Å². The summed E-state index contributed by atoms with van der Waals surface area (Å²) in [5.74, 6) is 0.849. The number of carboxylic acids is 1. The fourth-order valence-corrected chi connectivity index (χ4v) is 5.74. The summed E-state index contributed by atoms with van der Waals surface area (Å²) in [6, 6.07) is 9.18. The van der Waals surface area contributed by atoms with E-state index < -0.39 is 5.97 Å². The summed E-state index contributed by atoms with van der Waals surface area (Å²) in [4.78, 5) is 16.7. The molecule has 164 valence electrons. The predicted molar refractivity (Wildman–Crippen MR) is 130 cm³/mol. The molecule has 0 aliphatic carbocycles. The number of carboxylic acid groups (broad SMARTS) is 1. The highest BCUT2D eigenvalue weighted by Gasteiger charge is 2.16. The standard InChI is InChI=1S/C23H23Br2NO4S/c1-4-20-18(11-22(28)29)26-21(31-20)9-13-7-16(24)23(17(25)8-13)30-14-5-6-19(27)15(10-14)12(2)3/h5-8,10,12,27H,4,9,11H2,1-3H3,(H,28,29). The number of ether oxygens (including phenoxy) is 1. The molecule has 0 aliphatic heterocycles. The molecule has 3 aromatic rings. The van der Waals surface area contributed by atoms with E-state index in [4.69, 9.17) is 9.84 Å². The number of carbonyl (C=O) groups is 1. The highest BCUT2D eigenvalue weighted by molar-refractivity contribution is 9.11. The smallest absolute Gasteiger partial charge is 0.309 e. The van der Waals surface area contributed by atoms with Gasteiger partial charge in [-0.15, -0.1) is 11.3 Å². The molecule has 0 spiro atoms. The van der Waals surface area contributed by atoms with Crippen molar-refractivity contribution < 1.29 is 19.7 Å². The Balaban J connectivity index is 1.83. The van der Waals surface area contributed by atoms with E-state index >= 15 is 0 Å². The number of aryl methyl sites for hydroxylation is 1. The Labute approximate surface area is 202 Å². The third-order valence-corrected chi connectivity index (χ3v) is 7.14. The van der Waals surface area contributed by atoms with Crippen LogP contribution in [0.1, 0.15) is 53.4 Å². The Morgan fingerprint density at radius 1 is 1.19 bits per heavy atom. The summed E-state index contributed by atoms with van der Waals surface area (Å²) < 4.78 is 7.66. The minimum atomic E-state index is -0.867. The van der Waals surface area contributed by atoms with Gasteiger partial charge in [0.25, 0.3) is 0 Å². The van der Waals surface area contributed by atoms with E-state index in [1.807, 2.05) is 39.0 Å². The molecule has 0 aliphatic rings. The fourth-order valence-electron chi connectivity index (χ4n) is 3.23. The zero-order chi connectivity index (χ0) is 22.7. The molecular weight excluding hydrogens is 546 g/mol. The molecule has 0 amide bonds. The lowest BCUT2D eigenvalue weighted by atomic mass is 10.0. The number of aromatic hydroxyl groups is 1. The van der Waals surface area contributed by atoms with Crippen LogP contribution < -0.4 is 4.74 Å². The van der Waals surface area contributed by atoms with E-state index in [0.717, 1.165) is 36.4 Å². The molecule has 31 heavy (non-hydrogen) atoms. The van der Waals surface area contributed by atoms with Gasteiger partial charge in [0.2, 0.25) is 0 Å². The van der Waals surface area contributed by atoms with Gasteiger partial charge in [-0.25, -0.2) is 4.98 Å². The number of phenolic OH excluding ortho intramolecular Hbond substituents is 1. The summed E-state index contributed by atoms with van der Waals surface area (Å²) in [7, 11) is 0. The third-order valence-electron chi connectivity index (χ3n) is 4.72. The fraction of sp³-hybridized carbons (Fsp3) is 0.304. The predicted octanol–water partition coefficient (Wildman–Crippen LogP) is 7.07. The SMILES string of the molecule is CCc1sc(Cc2cc(Br)c(Oc3ccc(O)c(C(C)C)c3)c(Br)c2)nc1CC(=O)O. The van der Waals surface area contributed by atoms with Gasteiger partial charge in [0, 0.05) is 16.9 Å². The second-order valence-electron chi connectivity index (χ2n) is 7.44. The number of rotatable bonds is 8. The number of nitrogens with zero attached hydrogens (tertiary/aromatic N) is 1. The van der Waals surface area contributed by atoms with Crippen molar-refractivity contribution in [2.75, 3.05) is 0 Å². The highest BCUT2D eigenvalue weighted by Crippen LogP contribution is 2.40. The molecule has 0 saturated heterocycles. The lowest BCUT2D eigenvalue weighted by Gasteiger charge is -2.14. The number of aromatic nitrogens is 1. The maximum atomic E-state index is 11.1. The molecule has 0 fully saturated rings. The van der Waals surface area contributed by atoms with Crippen LogP contribution in [0.3, 0.4) is 0 Å². The number of thiazole rings is 1. The van der Waals surface area contributed by atoms with Crippen molar-refractivity contribution in [1.29, 1.82) is 0 Å². The topological polar surface area (TPSA) is 79.7 Å². The van der Waals surface area contributed by atoms with E-state index in [1.165, 1.54) is 0 Å². The van der Waals surface area contributed by atoms with Gasteiger partial charge in [-0.2, -0.15) is 0 Å². The second-order valence-corrected chi connectivity index (χ2v) is 10.3. The van der Waals surface area contributed by atoms with Crippen molar-refractivity contribution in [2.24, 2.45) is 0 Å². The van der Waals surface area contributed by atoms with Crippen LogP contribution in [0.25, 0.3) is 0 Å². The summed E-state index contributed by atoms with van der Waals surface area (Å²) in [5, 5.41) is 20.0. The molecule has 8 heteroatoms. The monoisotopic (exact) mass is 567 g/mol. The Morgan fingerprint density at radius 3 is 2.45 bits per heavy atom. The molecule has 0 bridgehead atoms. The van der Waals surface area contributed by atoms with Crippen LogP contribution in [0.5, 0.6) is 17.2 Å². The number of hydrogen-bond acceptors (Lipinski definition) is 5. The Hall–Kier alpha value is -1.90. The van der Waals surface area contributed by atoms with Crippen molar-refractivity contribution in [3.63, 3.8) is 0 Å². The zero-order valence-electron chi connectivity index (χ0n) is 17.4. The molecule has 0 atom stereocenters. The molecular formula is C23H23Br2NO4S. The first-order chi connectivity index (χ1) is 14.7. The average molecular weight is 569 g/mol. The first-order valence-corrected chi connectivity index (χ1v) is 12.3. The van der Waals surface area contributed by atoms with Crippen molar-refractivity contribution in [2.45, 2.75) is 46.0 Å². The van der Waals surface area contributed by atoms with Crippen molar-refractivity contribution in [3.8, 4) is 17.2 Å². The lowest BCUT2D eigenvalue weighted by Crippen LogP contribution is -2.02. The molecule has 2 aromatic carbocycles. The van der Waals surface area contributed by atoms with Gasteiger partial charge < -0.3 is 14.9 Å². The van der Waals surface area contributed by atoms with Crippen molar-refractivity contribution in [1.82, 2.24) is 4.98 Å². The van der Waals surface area contributed by atoms with Crippen LogP contribution in [0.2, 0.25) is 0 Å². The van der Waals surface area contributed by atoms with Gasteiger partial charge in [0.1, 0.15) is 11.5 Å². The average Bonchev–Trinajstić information content (AvgIpc) is 3.06. The molecule has 0 radical (unpaired) electrons. The third kappa shape index (κ3) is 5.87. The van der Waals surface area contributed by atoms with E-state index in [9.17, 15) is 9.90 Å². The van der Waals surface area contributed by atoms with Gasteiger partial charge in [0.05, 0.1) is 26.1 Å². The van der Waals surface area contributed by atoms with Gasteiger partial charge in [-0.05, 0) is 80.1 Å². The first kappa shape index (κ1) is 23.8. The first-order valence-electron chi connectivity index (χ1n) is 9.85. The number of hydrogen-bond donors (Lipinski definition) is 2. The van der Waals surface area contributed by atoms with E-state index in [1.54, 1.807) is 23.5 Å². The molecule has 5 nitrogen and oxygen atoms in total. The van der Waals surface area contributed by atoms with E-state index in [-0.39, 0.29) is 18.1 Å². The molecule has 2 N–H and O–H groups in total. The van der Waals surface area contributed by atoms with Gasteiger partial charge in [-0.1, -0.05) is 20.8 Å². The number of benzene rings is 2. The lowest BCUT2D eigenvalue weighted by molar-refractivity contribution is -0.136. The summed E-state index contributed by atoms with van der Waals surface area (Å²) >= 11 is 8.76. The van der Waals surface area contributed by atoms with Crippen LogP contribution in [-0.2, 0) is 24.1 Å². The molecule has 1 heterocycles. The van der Waals surface area contributed by atoms with Crippen LogP contribution in [-0.4, -0.2) is 21.2 Å². The molecule has 0 saturated carbocycles. The second kappa shape index (κ2) is 10.1. The Morgan fingerprint density at radius 2 is 1.87 bits per heavy atom. The summed E-state index contributed by atoms with van der Waals surface area (Å²) in [6.45, 7) is 6.05. The van der Waals surface area contributed by atoms with Crippen LogP contribution >= 0.6 is 43.2 Å². The Kier molecular flexibility index (Phi) is 7.78. The summed E-state index contributed by atoms with van der Waals surface area (Å²) in [6.07, 6.45) is 1.32. The normalized spacial score (nSPS) is 11.2. The molecule has 0 unspecified atom stereocenters. The van der Waals surface area contributed by atoms with Gasteiger partial charge >= 0.3 is 5.97 Å². The number of halogens is 2. The molecule has 3 rings (SSSR count). The maximum absolute atomic E-state index is 11.1. The summed E-state index contributed by atoms with van der Waals surface area (Å²) in [5.41, 5.74) is 2.51. The van der Waals surface area contributed by atoms with Gasteiger partial charge in [-0.3, -0.25) is 4.79 Å². The Bertz CT molecular complexity index is 1090. The largest absolute Gasteiger partial charge is 0.508 e. The zero-order valence-corrected chi connectivity index (χ0v) is 21.4.